The lowest BCUT2D eigenvalue weighted by Gasteiger charge is -2.26. The molecule has 3 heteroatoms. The number of benzene rings is 1. The van der Waals surface area contributed by atoms with Crippen LogP contribution in [-0.4, -0.2) is 17.7 Å². The summed E-state index contributed by atoms with van der Waals surface area (Å²) in [6.45, 7) is 13.1. The van der Waals surface area contributed by atoms with Crippen LogP contribution < -0.4 is 0 Å². The number of phenolic OH excluding ortho intramolecular Hbond substituents is 1. The van der Waals surface area contributed by atoms with Gasteiger partial charge >= 0.3 is 5.97 Å². The SMILES string of the molecule is CCC(C)(C)CC(C)COC(=O)CCc1cc(C)c(O)c(C)c1. The fourth-order valence-corrected chi connectivity index (χ4v) is 2.89. The summed E-state index contributed by atoms with van der Waals surface area (Å²) in [5.41, 5.74) is 3.06. The van der Waals surface area contributed by atoms with Crippen molar-refractivity contribution in [1.29, 1.82) is 0 Å². The standard InChI is InChI=1S/C20H32O3/c1-7-20(5,6)12-14(2)13-23-18(21)9-8-17-10-15(3)19(22)16(4)11-17/h10-11,14,22H,7-9,12-13H2,1-6H3. The van der Waals surface area contributed by atoms with Gasteiger partial charge in [-0.3, -0.25) is 4.79 Å². The fourth-order valence-electron chi connectivity index (χ4n) is 2.89. The molecule has 0 aromatic heterocycles. The first-order valence-electron chi connectivity index (χ1n) is 8.59. The molecule has 0 bridgehead atoms. The Bertz CT molecular complexity index is 509. The van der Waals surface area contributed by atoms with Crippen molar-refractivity contribution in [2.24, 2.45) is 11.3 Å². The summed E-state index contributed by atoms with van der Waals surface area (Å²) in [6, 6.07) is 3.87. The van der Waals surface area contributed by atoms with Crippen molar-refractivity contribution in [2.75, 3.05) is 6.61 Å². The lowest BCUT2D eigenvalue weighted by Crippen LogP contribution is -2.19. The number of phenols is 1. The monoisotopic (exact) mass is 320 g/mol. The second kappa shape index (κ2) is 8.37. The Balaban J connectivity index is 2.40. The minimum absolute atomic E-state index is 0.144. The molecule has 0 heterocycles. The van der Waals surface area contributed by atoms with Crippen LogP contribution in [0.4, 0.5) is 0 Å². The van der Waals surface area contributed by atoms with E-state index in [1.807, 2.05) is 26.0 Å². The molecule has 1 aromatic rings. The summed E-state index contributed by atoms with van der Waals surface area (Å²) >= 11 is 0. The van der Waals surface area contributed by atoms with E-state index in [1.54, 1.807) is 0 Å². The minimum Gasteiger partial charge on any atom is -0.507 e. The van der Waals surface area contributed by atoms with Gasteiger partial charge in [0, 0.05) is 6.42 Å². The Labute approximate surface area is 141 Å². The second-order valence-electron chi connectivity index (χ2n) is 7.59. The lowest BCUT2D eigenvalue weighted by atomic mass is 9.81. The van der Waals surface area contributed by atoms with Crippen molar-refractivity contribution in [3.05, 3.63) is 28.8 Å². The van der Waals surface area contributed by atoms with E-state index >= 15 is 0 Å². The van der Waals surface area contributed by atoms with Crippen LogP contribution >= 0.6 is 0 Å². The van der Waals surface area contributed by atoms with Crippen LogP contribution in [0, 0.1) is 25.2 Å². The summed E-state index contributed by atoms with van der Waals surface area (Å²) in [7, 11) is 0. The third-order valence-corrected chi connectivity index (χ3v) is 4.56. The molecule has 0 radical (unpaired) electrons. The van der Waals surface area contributed by atoms with Gasteiger partial charge in [-0.15, -0.1) is 0 Å². The van der Waals surface area contributed by atoms with E-state index in [2.05, 4.69) is 27.7 Å². The summed E-state index contributed by atoms with van der Waals surface area (Å²) in [5, 5.41) is 9.77. The van der Waals surface area contributed by atoms with Gasteiger partial charge in [0.25, 0.3) is 0 Å². The molecule has 1 atom stereocenters. The van der Waals surface area contributed by atoms with Crippen molar-refractivity contribution in [3.63, 3.8) is 0 Å². The Morgan fingerprint density at radius 3 is 2.35 bits per heavy atom. The van der Waals surface area contributed by atoms with Gasteiger partial charge < -0.3 is 9.84 Å². The predicted octanol–water partition coefficient (Wildman–Crippen LogP) is 4.95. The highest BCUT2D eigenvalue weighted by Gasteiger charge is 2.19. The van der Waals surface area contributed by atoms with E-state index < -0.39 is 0 Å². The summed E-state index contributed by atoms with van der Waals surface area (Å²) < 4.78 is 5.41. The van der Waals surface area contributed by atoms with Crippen LogP contribution in [0.3, 0.4) is 0 Å². The maximum atomic E-state index is 11.9. The van der Waals surface area contributed by atoms with Gasteiger partial charge in [-0.25, -0.2) is 0 Å². The Kier molecular flexibility index (Phi) is 7.11. The summed E-state index contributed by atoms with van der Waals surface area (Å²) in [5.74, 6) is 0.574. The molecule has 1 unspecified atom stereocenters. The van der Waals surface area contributed by atoms with E-state index in [0.717, 1.165) is 29.5 Å². The highest BCUT2D eigenvalue weighted by atomic mass is 16.5. The van der Waals surface area contributed by atoms with Gasteiger partial charge in [-0.05, 0) is 54.7 Å². The smallest absolute Gasteiger partial charge is 0.306 e. The zero-order chi connectivity index (χ0) is 17.6. The van der Waals surface area contributed by atoms with Crippen LogP contribution in [0.5, 0.6) is 5.75 Å². The molecular weight excluding hydrogens is 288 g/mol. The number of rotatable bonds is 8. The maximum absolute atomic E-state index is 11.9. The number of aromatic hydroxyl groups is 1. The van der Waals surface area contributed by atoms with Crippen molar-refractivity contribution < 1.29 is 14.6 Å². The number of ether oxygens (including phenoxy) is 1. The number of esters is 1. The number of aryl methyl sites for hydroxylation is 3. The third kappa shape index (κ3) is 6.64. The Morgan fingerprint density at radius 1 is 1.26 bits per heavy atom. The first kappa shape index (κ1) is 19.5. The Morgan fingerprint density at radius 2 is 1.83 bits per heavy atom. The largest absolute Gasteiger partial charge is 0.507 e. The first-order chi connectivity index (χ1) is 10.6. The summed E-state index contributed by atoms with van der Waals surface area (Å²) in [4.78, 5) is 11.9. The average Bonchev–Trinajstić information content (AvgIpc) is 2.48. The van der Waals surface area contributed by atoms with Gasteiger partial charge in [-0.1, -0.05) is 46.2 Å². The maximum Gasteiger partial charge on any atom is 0.306 e. The molecule has 0 spiro atoms. The van der Waals surface area contributed by atoms with E-state index in [-0.39, 0.29) is 5.97 Å². The highest BCUT2D eigenvalue weighted by molar-refractivity contribution is 5.69. The molecule has 0 fully saturated rings. The van der Waals surface area contributed by atoms with Crippen LogP contribution in [0.25, 0.3) is 0 Å². The molecular formula is C20H32O3. The second-order valence-corrected chi connectivity index (χ2v) is 7.59. The minimum atomic E-state index is -0.144. The van der Waals surface area contributed by atoms with Gasteiger partial charge in [0.1, 0.15) is 5.75 Å². The van der Waals surface area contributed by atoms with Gasteiger partial charge in [0.05, 0.1) is 6.61 Å². The van der Waals surface area contributed by atoms with Crippen molar-refractivity contribution >= 4 is 5.97 Å². The number of carbonyl (C=O) groups is 1. The van der Waals surface area contributed by atoms with Crippen molar-refractivity contribution in [1.82, 2.24) is 0 Å². The molecule has 0 amide bonds. The van der Waals surface area contributed by atoms with E-state index in [4.69, 9.17) is 4.74 Å². The molecule has 23 heavy (non-hydrogen) atoms. The molecule has 0 saturated carbocycles. The number of carbonyl (C=O) groups excluding carboxylic acids is 1. The predicted molar refractivity (Wildman–Crippen MR) is 94.7 cm³/mol. The van der Waals surface area contributed by atoms with Crippen LogP contribution in [0.15, 0.2) is 12.1 Å². The fraction of sp³-hybridized carbons (Fsp3) is 0.650. The topological polar surface area (TPSA) is 46.5 Å². The third-order valence-electron chi connectivity index (χ3n) is 4.56. The van der Waals surface area contributed by atoms with Crippen LogP contribution in [0.1, 0.15) is 63.6 Å². The van der Waals surface area contributed by atoms with Crippen molar-refractivity contribution in [3.8, 4) is 5.75 Å². The normalized spacial score (nSPS) is 13.0. The van der Waals surface area contributed by atoms with Gasteiger partial charge in [0.15, 0.2) is 0 Å². The lowest BCUT2D eigenvalue weighted by molar-refractivity contribution is -0.145. The quantitative estimate of drug-likeness (QED) is 0.690. The zero-order valence-corrected chi connectivity index (χ0v) is 15.5. The molecule has 1 N–H and O–H groups in total. The average molecular weight is 320 g/mol. The van der Waals surface area contributed by atoms with E-state index in [9.17, 15) is 9.90 Å². The van der Waals surface area contributed by atoms with Crippen molar-refractivity contribution in [2.45, 2.75) is 67.2 Å². The van der Waals surface area contributed by atoms with E-state index in [1.165, 1.54) is 0 Å². The molecule has 1 rings (SSSR count). The van der Waals surface area contributed by atoms with Gasteiger partial charge in [-0.2, -0.15) is 0 Å². The first-order valence-corrected chi connectivity index (χ1v) is 8.59. The molecule has 0 aliphatic heterocycles. The molecule has 0 saturated heterocycles. The highest BCUT2D eigenvalue weighted by Crippen LogP contribution is 2.29. The van der Waals surface area contributed by atoms with Crippen LogP contribution in [0.2, 0.25) is 0 Å². The molecule has 130 valence electrons. The van der Waals surface area contributed by atoms with Gasteiger partial charge in [0.2, 0.25) is 0 Å². The molecule has 3 nitrogen and oxygen atoms in total. The van der Waals surface area contributed by atoms with E-state index in [0.29, 0.717) is 36.5 Å². The number of hydrogen-bond acceptors (Lipinski definition) is 3. The summed E-state index contributed by atoms with van der Waals surface area (Å²) in [6.07, 6.45) is 3.22. The molecule has 0 aliphatic carbocycles. The molecule has 0 aliphatic rings. The number of hydrogen-bond donors (Lipinski definition) is 1. The zero-order valence-electron chi connectivity index (χ0n) is 15.5. The Hall–Kier alpha value is -1.51. The van der Waals surface area contributed by atoms with Crippen LogP contribution in [-0.2, 0) is 16.0 Å². The molecule has 1 aromatic carbocycles.